The lowest BCUT2D eigenvalue weighted by Crippen LogP contribution is -2.55. The molecule has 252 valence electrons. The molecule has 0 aliphatic carbocycles. The van der Waals surface area contributed by atoms with E-state index in [1.807, 2.05) is 0 Å². The van der Waals surface area contributed by atoms with Gasteiger partial charge < -0.3 is 29.7 Å². The van der Waals surface area contributed by atoms with Crippen molar-refractivity contribution in [1.82, 2.24) is 40.3 Å². The molecule has 3 amide bonds. The Morgan fingerprint density at radius 3 is 2.53 bits per heavy atom. The van der Waals surface area contributed by atoms with Crippen molar-refractivity contribution in [3.05, 3.63) is 66.0 Å². The highest BCUT2D eigenvalue weighted by molar-refractivity contribution is 5.94. The van der Waals surface area contributed by atoms with Crippen LogP contribution in [-0.4, -0.2) is 117 Å². The topological polar surface area (TPSA) is 171 Å². The van der Waals surface area contributed by atoms with E-state index in [9.17, 15) is 23.9 Å². The van der Waals surface area contributed by atoms with Crippen LogP contribution in [0, 0.1) is 11.6 Å². The van der Waals surface area contributed by atoms with Gasteiger partial charge >= 0.3 is 12.2 Å². The van der Waals surface area contributed by atoms with Crippen LogP contribution in [0.2, 0.25) is 0 Å². The van der Waals surface area contributed by atoms with E-state index in [0.29, 0.717) is 24.0 Å². The Labute approximate surface area is 273 Å². The van der Waals surface area contributed by atoms with Gasteiger partial charge in [0.05, 0.1) is 24.8 Å². The number of aliphatic hydroxyl groups is 1. The minimum atomic E-state index is -2.05. The zero-order chi connectivity index (χ0) is 32.8. The number of anilines is 1. The summed E-state index contributed by atoms with van der Waals surface area (Å²) >= 11 is 0. The zero-order valence-corrected chi connectivity index (χ0v) is 26.2. The number of aromatic nitrogens is 4. The average molecular weight is 679 g/mol. The average Bonchev–Trinajstić information content (AvgIpc) is 3.80. The predicted molar refractivity (Wildman–Crippen MR) is 163 cm³/mol. The molecule has 0 bridgehead atoms. The Bertz CT molecular complexity index is 1580. The molecule has 0 unspecified atom stereocenters. The smallest absolute Gasteiger partial charge is 0.432 e. The summed E-state index contributed by atoms with van der Waals surface area (Å²) in [6.07, 6.45) is 1.84. The van der Waals surface area contributed by atoms with Gasteiger partial charge in [-0.05, 0) is 47.7 Å². The summed E-state index contributed by atoms with van der Waals surface area (Å²) in [6.45, 7) is 2.97. The summed E-state index contributed by atoms with van der Waals surface area (Å²) in [7, 11) is 0. The van der Waals surface area contributed by atoms with Crippen molar-refractivity contribution in [2.45, 2.75) is 25.5 Å². The number of carbonyl (C=O) groups excluding carboxylic acids is 3. The van der Waals surface area contributed by atoms with Crippen LogP contribution < -0.4 is 10.2 Å². The van der Waals surface area contributed by atoms with Crippen LogP contribution in [0.1, 0.15) is 19.4 Å². The third-order valence-electron chi connectivity index (χ3n) is 7.56. The van der Waals surface area contributed by atoms with Crippen molar-refractivity contribution >= 4 is 42.5 Å². The van der Waals surface area contributed by atoms with Gasteiger partial charge in [0.25, 0.3) is 0 Å². The minimum Gasteiger partial charge on any atom is -0.432 e. The van der Waals surface area contributed by atoms with Crippen LogP contribution in [0.5, 0.6) is 0 Å². The fourth-order valence-corrected chi connectivity index (χ4v) is 5.17. The maximum absolute atomic E-state index is 15.2. The third-order valence-corrected chi connectivity index (χ3v) is 7.56. The molecule has 2 aromatic carbocycles. The zero-order valence-electron chi connectivity index (χ0n) is 25.4. The van der Waals surface area contributed by atoms with E-state index < -0.39 is 35.5 Å². The van der Waals surface area contributed by atoms with Gasteiger partial charge in [-0.2, -0.15) is 5.10 Å². The monoisotopic (exact) mass is 678 g/mol. The van der Waals surface area contributed by atoms with Gasteiger partial charge in [-0.3, -0.25) is 14.7 Å². The number of hydrogen-bond donors (Lipinski definition) is 2. The van der Waals surface area contributed by atoms with E-state index in [2.05, 4.69) is 25.9 Å². The Hall–Kier alpha value is -5.10. The SMILES string of the molecule is CC(=O)NCCOC(=O)OCN1C=NN(C[C@](O)(c2ccc(F)cc2F)[C@@H](C)N2CCN(c3ccc(-n4cnnn4)cc3)C2=O)C1.Cl. The lowest BCUT2D eigenvalue weighted by molar-refractivity contribution is -0.119. The van der Waals surface area contributed by atoms with Crippen LogP contribution >= 0.6 is 12.4 Å². The van der Waals surface area contributed by atoms with Crippen LogP contribution in [0.15, 0.2) is 53.9 Å². The highest BCUT2D eigenvalue weighted by atomic mass is 35.5. The van der Waals surface area contributed by atoms with Crippen LogP contribution in [0.4, 0.5) is 24.1 Å². The number of nitrogens with one attached hydrogen (secondary N) is 1. The van der Waals surface area contributed by atoms with Crippen molar-refractivity contribution in [1.29, 1.82) is 0 Å². The Balaban J connectivity index is 0.00000500. The first-order valence-corrected chi connectivity index (χ1v) is 14.2. The summed E-state index contributed by atoms with van der Waals surface area (Å²) < 4.78 is 40.5. The van der Waals surface area contributed by atoms with Crippen LogP contribution in [0.25, 0.3) is 5.69 Å². The minimum absolute atomic E-state index is 0. The molecule has 47 heavy (non-hydrogen) atoms. The van der Waals surface area contributed by atoms with Crippen molar-refractivity contribution in [3.63, 3.8) is 0 Å². The molecule has 1 aromatic heterocycles. The molecule has 2 N–H and O–H groups in total. The number of benzene rings is 2. The molecule has 3 aromatic rings. The molecule has 0 saturated carbocycles. The number of hydrazone groups is 1. The van der Waals surface area contributed by atoms with Gasteiger partial charge in [0, 0.05) is 37.3 Å². The molecule has 1 fully saturated rings. The van der Waals surface area contributed by atoms with Gasteiger partial charge in [-0.15, -0.1) is 17.5 Å². The molecular weight excluding hydrogens is 646 g/mol. The van der Waals surface area contributed by atoms with Crippen molar-refractivity contribution in [3.8, 4) is 5.69 Å². The molecular formula is C28H33ClF2N10O6. The van der Waals surface area contributed by atoms with E-state index in [1.54, 1.807) is 31.2 Å². The van der Waals surface area contributed by atoms with E-state index in [0.717, 1.165) is 12.1 Å². The lowest BCUT2D eigenvalue weighted by Gasteiger charge is -2.41. The molecule has 3 heterocycles. The first kappa shape index (κ1) is 34.8. The second-order valence-corrected chi connectivity index (χ2v) is 10.6. The Morgan fingerprint density at radius 2 is 1.85 bits per heavy atom. The third kappa shape index (κ3) is 8.01. The molecule has 2 atom stereocenters. The largest absolute Gasteiger partial charge is 0.510 e. The normalized spacial score (nSPS) is 16.1. The second kappa shape index (κ2) is 15.0. The molecule has 1 saturated heterocycles. The van der Waals surface area contributed by atoms with Crippen molar-refractivity contribution < 1.29 is 37.7 Å². The Morgan fingerprint density at radius 1 is 1.11 bits per heavy atom. The summed E-state index contributed by atoms with van der Waals surface area (Å²) in [5.41, 5.74) is -0.978. The van der Waals surface area contributed by atoms with Crippen molar-refractivity contribution in [2.75, 3.05) is 51.1 Å². The molecule has 5 rings (SSSR count). The first-order chi connectivity index (χ1) is 22.0. The standard InChI is InChI=1S/C28H32F2N10O6.ClH/c1-19(38-10-11-39(26(38)42)22-4-6-23(7-5-22)40-15-32-34-35-40)28(44,24-8-3-21(29)13-25(24)30)14-37-17-36(16-33-37)18-46-27(43)45-12-9-31-20(2)41;/h3-8,13,15-16,19,44H,9-12,14,17-18H2,1-2H3,(H,31,41);1H/t19-,28-;/m1./s1. The number of rotatable bonds is 12. The van der Waals surface area contributed by atoms with E-state index in [-0.39, 0.29) is 63.5 Å². The molecule has 0 radical (unpaired) electrons. The summed E-state index contributed by atoms with van der Waals surface area (Å²) in [5.74, 6) is -2.07. The van der Waals surface area contributed by atoms with E-state index in [1.165, 1.54) is 44.0 Å². The van der Waals surface area contributed by atoms with Gasteiger partial charge in [-0.1, -0.05) is 6.07 Å². The number of β-amino-alcohol motifs (C(OH)–C–C–N with tert-alkyl or cyclic N) is 1. The maximum Gasteiger partial charge on any atom is 0.510 e. The second-order valence-electron chi connectivity index (χ2n) is 10.6. The van der Waals surface area contributed by atoms with E-state index in [4.69, 9.17) is 9.47 Å². The predicted octanol–water partition coefficient (Wildman–Crippen LogP) is 1.65. The summed E-state index contributed by atoms with van der Waals surface area (Å²) in [5, 5.41) is 31.3. The molecule has 2 aliphatic heterocycles. The number of ether oxygens (including phenoxy) is 2. The van der Waals surface area contributed by atoms with Gasteiger partial charge in [0.2, 0.25) is 5.91 Å². The van der Waals surface area contributed by atoms with Crippen molar-refractivity contribution in [2.24, 2.45) is 5.10 Å². The highest BCUT2D eigenvalue weighted by Gasteiger charge is 2.47. The summed E-state index contributed by atoms with van der Waals surface area (Å²) in [4.78, 5) is 40.9. The number of hydrogen-bond acceptors (Lipinski definition) is 12. The van der Waals surface area contributed by atoms with Crippen LogP contribution in [0.3, 0.4) is 0 Å². The number of tetrazole rings is 1. The molecule has 19 heteroatoms. The van der Waals surface area contributed by atoms with Gasteiger partial charge in [-0.25, -0.2) is 23.1 Å². The first-order valence-electron chi connectivity index (χ1n) is 14.2. The fourth-order valence-electron chi connectivity index (χ4n) is 5.17. The van der Waals surface area contributed by atoms with Gasteiger partial charge in [0.1, 0.15) is 43.2 Å². The quantitative estimate of drug-likeness (QED) is 0.211. The number of carbonyl (C=O) groups is 3. The lowest BCUT2D eigenvalue weighted by atomic mass is 9.85. The summed E-state index contributed by atoms with van der Waals surface area (Å²) in [6, 6.07) is 8.42. The number of urea groups is 1. The number of nitrogens with zero attached hydrogens (tertiary/aromatic N) is 9. The molecule has 0 spiro atoms. The van der Waals surface area contributed by atoms with Gasteiger partial charge in [0.15, 0.2) is 6.73 Å². The van der Waals surface area contributed by atoms with Crippen LogP contribution in [-0.2, 0) is 19.9 Å². The molecule has 2 aliphatic rings. The highest BCUT2D eigenvalue weighted by Crippen LogP contribution is 2.35. The maximum atomic E-state index is 15.2. The fraction of sp³-hybridized carbons (Fsp3) is 0.393. The number of amides is 3. The number of halogens is 3. The van der Waals surface area contributed by atoms with E-state index >= 15 is 4.39 Å². The molecule has 16 nitrogen and oxygen atoms in total. The Kier molecular flexibility index (Phi) is 11.1.